The van der Waals surface area contributed by atoms with Crippen molar-refractivity contribution in [2.24, 2.45) is 14.1 Å². The second-order valence-electron chi connectivity index (χ2n) is 7.32. The van der Waals surface area contributed by atoms with Gasteiger partial charge in [0.05, 0.1) is 23.0 Å². The summed E-state index contributed by atoms with van der Waals surface area (Å²) in [7, 11) is 2.90. The predicted molar refractivity (Wildman–Crippen MR) is 114 cm³/mol. The van der Waals surface area contributed by atoms with Gasteiger partial charge in [-0.2, -0.15) is 0 Å². The van der Waals surface area contributed by atoms with Gasteiger partial charge in [-0.25, -0.2) is 9.78 Å². The molecule has 0 fully saturated rings. The summed E-state index contributed by atoms with van der Waals surface area (Å²) in [6.45, 7) is 1.84. The standard InChI is InChI=1S/C21H21N5O5/c1-12-19(28)26(15-6-4-5-7-16(15)31-12)9-8-17(27)23-13-10-14-18(22-11-13)24(2)21(30)25(3)20(14)29/h4-7,10-12H,8-9H2,1-3H3,(H,23,27). The quantitative estimate of drug-likeness (QED) is 0.663. The molecular weight excluding hydrogens is 402 g/mol. The van der Waals surface area contributed by atoms with E-state index in [1.54, 1.807) is 25.1 Å². The molecule has 0 bridgehead atoms. The van der Waals surface area contributed by atoms with Gasteiger partial charge < -0.3 is 15.0 Å². The summed E-state index contributed by atoms with van der Waals surface area (Å²) >= 11 is 0. The van der Waals surface area contributed by atoms with Crippen molar-refractivity contribution in [1.29, 1.82) is 0 Å². The summed E-state index contributed by atoms with van der Waals surface area (Å²) in [6.07, 6.45) is 0.789. The maximum absolute atomic E-state index is 12.5. The number of carbonyl (C=O) groups excluding carboxylic acids is 2. The van der Waals surface area contributed by atoms with Gasteiger partial charge in [-0.1, -0.05) is 12.1 Å². The number of anilines is 2. The number of nitrogens with one attached hydrogen (secondary N) is 1. The molecule has 1 aliphatic rings. The highest BCUT2D eigenvalue weighted by molar-refractivity contribution is 6.01. The van der Waals surface area contributed by atoms with Crippen LogP contribution in [0.25, 0.3) is 11.0 Å². The Bertz CT molecular complexity index is 1330. The van der Waals surface area contributed by atoms with Gasteiger partial charge in [0, 0.05) is 27.1 Å². The van der Waals surface area contributed by atoms with Gasteiger partial charge in [0.15, 0.2) is 6.10 Å². The third kappa shape index (κ3) is 3.56. The third-order valence-corrected chi connectivity index (χ3v) is 5.21. The van der Waals surface area contributed by atoms with E-state index in [4.69, 9.17) is 4.74 Å². The normalized spacial score (nSPS) is 15.5. The van der Waals surface area contributed by atoms with E-state index in [1.807, 2.05) is 6.07 Å². The number of ether oxygens (including phenoxy) is 1. The number of hydrogen-bond acceptors (Lipinski definition) is 6. The molecule has 4 rings (SSSR count). The minimum atomic E-state index is -0.634. The number of benzene rings is 1. The van der Waals surface area contributed by atoms with Crippen LogP contribution in [0.4, 0.5) is 11.4 Å². The van der Waals surface area contributed by atoms with E-state index in [0.29, 0.717) is 17.1 Å². The van der Waals surface area contributed by atoms with Crippen LogP contribution in [0.3, 0.4) is 0 Å². The van der Waals surface area contributed by atoms with E-state index in [1.165, 1.54) is 35.8 Å². The molecule has 160 valence electrons. The number of pyridine rings is 1. The summed E-state index contributed by atoms with van der Waals surface area (Å²) in [5.74, 6) is 0.0331. The fraction of sp³-hybridized carbons (Fsp3) is 0.286. The van der Waals surface area contributed by atoms with E-state index in [0.717, 1.165) is 4.57 Å². The molecule has 0 aliphatic carbocycles. The molecule has 0 radical (unpaired) electrons. The molecule has 2 aromatic heterocycles. The first-order chi connectivity index (χ1) is 14.8. The SMILES string of the molecule is CC1Oc2ccccc2N(CCC(=O)Nc2cnc3c(c2)c(=O)n(C)c(=O)n3C)C1=O. The number of para-hydroxylation sites is 2. The van der Waals surface area contributed by atoms with Crippen molar-refractivity contribution in [3.8, 4) is 5.75 Å². The summed E-state index contributed by atoms with van der Waals surface area (Å²) in [4.78, 5) is 55.1. The van der Waals surface area contributed by atoms with Crippen molar-refractivity contribution < 1.29 is 14.3 Å². The Labute approximate surface area is 176 Å². The van der Waals surface area contributed by atoms with E-state index in [9.17, 15) is 19.2 Å². The van der Waals surface area contributed by atoms with Crippen molar-refractivity contribution in [3.63, 3.8) is 0 Å². The first kappa shape index (κ1) is 20.3. The van der Waals surface area contributed by atoms with Crippen LogP contribution in [-0.4, -0.2) is 38.6 Å². The van der Waals surface area contributed by atoms with Gasteiger partial charge in [-0.05, 0) is 25.1 Å². The van der Waals surface area contributed by atoms with Crippen LogP contribution in [0.15, 0.2) is 46.1 Å². The largest absolute Gasteiger partial charge is 0.479 e. The summed E-state index contributed by atoms with van der Waals surface area (Å²) < 4.78 is 7.85. The lowest BCUT2D eigenvalue weighted by Crippen LogP contribution is -2.45. The number of amides is 2. The minimum Gasteiger partial charge on any atom is -0.479 e. The monoisotopic (exact) mass is 423 g/mol. The molecule has 2 amide bonds. The third-order valence-electron chi connectivity index (χ3n) is 5.21. The summed E-state index contributed by atoms with van der Waals surface area (Å²) in [5, 5.41) is 2.91. The Morgan fingerprint density at radius 2 is 1.90 bits per heavy atom. The molecule has 0 saturated carbocycles. The molecular formula is C21H21N5O5. The van der Waals surface area contributed by atoms with Gasteiger partial charge in [0.25, 0.3) is 11.5 Å². The lowest BCUT2D eigenvalue weighted by atomic mass is 10.1. The van der Waals surface area contributed by atoms with E-state index < -0.39 is 17.4 Å². The van der Waals surface area contributed by atoms with Crippen molar-refractivity contribution in [1.82, 2.24) is 14.1 Å². The van der Waals surface area contributed by atoms with E-state index in [-0.39, 0.29) is 35.8 Å². The first-order valence-corrected chi connectivity index (χ1v) is 9.70. The smallest absolute Gasteiger partial charge is 0.332 e. The molecule has 0 spiro atoms. The molecule has 10 nitrogen and oxygen atoms in total. The Morgan fingerprint density at radius 1 is 1.16 bits per heavy atom. The molecule has 1 unspecified atom stereocenters. The highest BCUT2D eigenvalue weighted by Gasteiger charge is 2.31. The van der Waals surface area contributed by atoms with Crippen LogP contribution in [0.5, 0.6) is 5.75 Å². The molecule has 3 aromatic rings. The number of fused-ring (bicyclic) bond motifs is 2. The van der Waals surface area contributed by atoms with E-state index >= 15 is 0 Å². The Balaban J connectivity index is 1.52. The number of hydrogen-bond donors (Lipinski definition) is 1. The average Bonchev–Trinajstić information content (AvgIpc) is 2.76. The zero-order chi connectivity index (χ0) is 22.3. The van der Waals surface area contributed by atoms with Crippen LogP contribution in [0.1, 0.15) is 13.3 Å². The summed E-state index contributed by atoms with van der Waals surface area (Å²) in [6, 6.07) is 8.65. The van der Waals surface area contributed by atoms with Crippen molar-refractivity contribution >= 4 is 34.2 Å². The van der Waals surface area contributed by atoms with Gasteiger partial charge >= 0.3 is 5.69 Å². The van der Waals surface area contributed by atoms with Gasteiger partial charge in [0.1, 0.15) is 11.4 Å². The Kier molecular flexibility index (Phi) is 5.05. The number of carbonyl (C=O) groups is 2. The lowest BCUT2D eigenvalue weighted by molar-refractivity contribution is -0.125. The van der Waals surface area contributed by atoms with Crippen molar-refractivity contribution in [3.05, 3.63) is 57.4 Å². The van der Waals surface area contributed by atoms with Crippen LogP contribution < -0.4 is 26.2 Å². The molecule has 3 heterocycles. The molecule has 0 saturated heterocycles. The van der Waals surface area contributed by atoms with Crippen LogP contribution >= 0.6 is 0 Å². The second kappa shape index (κ2) is 7.71. The lowest BCUT2D eigenvalue weighted by Gasteiger charge is -2.32. The second-order valence-corrected chi connectivity index (χ2v) is 7.32. The Hall–Kier alpha value is -3.95. The predicted octanol–water partition coefficient (Wildman–Crippen LogP) is 0.775. The Morgan fingerprint density at radius 3 is 2.68 bits per heavy atom. The first-order valence-electron chi connectivity index (χ1n) is 9.70. The van der Waals surface area contributed by atoms with Gasteiger partial charge in [-0.3, -0.25) is 23.5 Å². The van der Waals surface area contributed by atoms with Gasteiger partial charge in [-0.15, -0.1) is 0 Å². The van der Waals surface area contributed by atoms with Gasteiger partial charge in [0.2, 0.25) is 5.91 Å². The van der Waals surface area contributed by atoms with E-state index in [2.05, 4.69) is 10.3 Å². The maximum atomic E-state index is 12.5. The molecule has 1 N–H and O–H groups in total. The number of aryl methyl sites for hydroxylation is 1. The zero-order valence-electron chi connectivity index (χ0n) is 17.3. The minimum absolute atomic E-state index is 0.0378. The number of nitrogens with zero attached hydrogens (tertiary/aromatic N) is 4. The summed E-state index contributed by atoms with van der Waals surface area (Å²) in [5.41, 5.74) is 0.207. The number of rotatable bonds is 4. The zero-order valence-corrected chi connectivity index (χ0v) is 17.3. The number of aromatic nitrogens is 3. The highest BCUT2D eigenvalue weighted by atomic mass is 16.5. The van der Waals surface area contributed by atoms with Crippen LogP contribution in [0.2, 0.25) is 0 Å². The van der Waals surface area contributed by atoms with Crippen molar-refractivity contribution in [2.45, 2.75) is 19.4 Å². The molecule has 1 atom stereocenters. The molecule has 1 aromatic carbocycles. The fourth-order valence-corrected chi connectivity index (χ4v) is 3.56. The van der Waals surface area contributed by atoms with Crippen LogP contribution in [0, 0.1) is 0 Å². The maximum Gasteiger partial charge on any atom is 0.332 e. The topological polar surface area (TPSA) is 116 Å². The average molecular weight is 423 g/mol. The fourth-order valence-electron chi connectivity index (χ4n) is 3.56. The van der Waals surface area contributed by atoms with Crippen LogP contribution in [-0.2, 0) is 23.7 Å². The highest BCUT2D eigenvalue weighted by Crippen LogP contribution is 2.33. The molecule has 1 aliphatic heterocycles. The van der Waals surface area contributed by atoms with Crippen molar-refractivity contribution in [2.75, 3.05) is 16.8 Å². The molecule has 31 heavy (non-hydrogen) atoms. The molecule has 10 heteroatoms.